The summed E-state index contributed by atoms with van der Waals surface area (Å²) < 4.78 is 12.7. The molecule has 0 spiro atoms. The van der Waals surface area contributed by atoms with Crippen LogP contribution in [0.25, 0.3) is 0 Å². The van der Waals surface area contributed by atoms with Gasteiger partial charge in [-0.25, -0.2) is 4.98 Å². The first-order valence-corrected chi connectivity index (χ1v) is 5.28. The molecule has 4 heteroatoms. The highest BCUT2D eigenvalue weighted by atomic mass is 19.1. The summed E-state index contributed by atoms with van der Waals surface area (Å²) >= 11 is 0. The summed E-state index contributed by atoms with van der Waals surface area (Å²) in [6, 6.07) is 2.63. The first kappa shape index (κ1) is 12.6. The van der Waals surface area contributed by atoms with Crippen molar-refractivity contribution in [3.05, 3.63) is 29.8 Å². The highest BCUT2D eigenvalue weighted by Crippen LogP contribution is 2.17. The molecule has 0 aliphatic heterocycles. The standard InChI is InChI=1S/C12H17FN2O/c1-12(2,3)5-7-15-11(16)9-4-6-14-10(13)8-9/h4,6,8H,5,7H2,1-3H3,(H,15,16). The van der Waals surface area contributed by atoms with Gasteiger partial charge in [0.05, 0.1) is 0 Å². The average molecular weight is 224 g/mol. The zero-order valence-corrected chi connectivity index (χ0v) is 9.88. The lowest BCUT2D eigenvalue weighted by atomic mass is 9.92. The van der Waals surface area contributed by atoms with E-state index in [1.807, 2.05) is 0 Å². The third-order valence-electron chi connectivity index (χ3n) is 2.15. The van der Waals surface area contributed by atoms with Gasteiger partial charge in [0.25, 0.3) is 5.91 Å². The molecule has 0 aliphatic rings. The monoisotopic (exact) mass is 224 g/mol. The zero-order valence-electron chi connectivity index (χ0n) is 9.88. The number of rotatable bonds is 3. The van der Waals surface area contributed by atoms with Crippen LogP contribution in [-0.4, -0.2) is 17.4 Å². The second-order valence-electron chi connectivity index (χ2n) is 4.93. The van der Waals surface area contributed by atoms with Crippen molar-refractivity contribution in [2.24, 2.45) is 5.41 Å². The molecule has 1 aromatic heterocycles. The maximum absolute atomic E-state index is 12.7. The number of carbonyl (C=O) groups is 1. The van der Waals surface area contributed by atoms with Crippen LogP contribution in [0.15, 0.2) is 18.3 Å². The van der Waals surface area contributed by atoms with E-state index in [9.17, 15) is 9.18 Å². The molecule has 0 bridgehead atoms. The van der Waals surface area contributed by atoms with E-state index >= 15 is 0 Å². The van der Waals surface area contributed by atoms with Crippen LogP contribution in [0.5, 0.6) is 0 Å². The van der Waals surface area contributed by atoms with E-state index in [0.29, 0.717) is 12.1 Å². The molecular formula is C12H17FN2O. The van der Waals surface area contributed by atoms with Gasteiger partial charge in [0.15, 0.2) is 0 Å². The van der Waals surface area contributed by atoms with Crippen LogP contribution >= 0.6 is 0 Å². The number of carbonyl (C=O) groups excluding carboxylic acids is 1. The summed E-state index contributed by atoms with van der Waals surface area (Å²) in [5.74, 6) is -0.894. The lowest BCUT2D eigenvalue weighted by molar-refractivity contribution is 0.0949. The van der Waals surface area contributed by atoms with Crippen LogP contribution in [-0.2, 0) is 0 Å². The Morgan fingerprint density at radius 2 is 2.19 bits per heavy atom. The molecule has 0 saturated carbocycles. The summed E-state index contributed by atoms with van der Waals surface area (Å²) in [5, 5.41) is 2.75. The number of hydrogen-bond acceptors (Lipinski definition) is 2. The Morgan fingerprint density at radius 3 is 2.75 bits per heavy atom. The number of halogens is 1. The van der Waals surface area contributed by atoms with E-state index in [4.69, 9.17) is 0 Å². The van der Waals surface area contributed by atoms with Crippen LogP contribution in [0.1, 0.15) is 37.6 Å². The molecule has 0 aromatic carbocycles. The summed E-state index contributed by atoms with van der Waals surface area (Å²) in [6.07, 6.45) is 2.17. The van der Waals surface area contributed by atoms with Crippen molar-refractivity contribution in [2.45, 2.75) is 27.2 Å². The van der Waals surface area contributed by atoms with Gasteiger partial charge in [-0.3, -0.25) is 4.79 Å². The highest BCUT2D eigenvalue weighted by molar-refractivity contribution is 5.93. The predicted molar refractivity (Wildman–Crippen MR) is 60.6 cm³/mol. The van der Waals surface area contributed by atoms with Gasteiger partial charge >= 0.3 is 0 Å². The lowest BCUT2D eigenvalue weighted by Crippen LogP contribution is -2.27. The van der Waals surface area contributed by atoms with Crippen LogP contribution < -0.4 is 5.32 Å². The highest BCUT2D eigenvalue weighted by Gasteiger charge is 2.11. The Labute approximate surface area is 95.1 Å². The van der Waals surface area contributed by atoms with Crippen molar-refractivity contribution in [3.8, 4) is 0 Å². The molecule has 1 rings (SSSR count). The number of amides is 1. The quantitative estimate of drug-likeness (QED) is 0.801. The average Bonchev–Trinajstić information content (AvgIpc) is 2.15. The summed E-state index contributed by atoms with van der Waals surface area (Å²) in [7, 11) is 0. The molecule has 0 atom stereocenters. The predicted octanol–water partition coefficient (Wildman–Crippen LogP) is 2.39. The van der Waals surface area contributed by atoms with E-state index in [2.05, 4.69) is 31.1 Å². The van der Waals surface area contributed by atoms with Gasteiger partial charge in [0, 0.05) is 24.4 Å². The minimum atomic E-state index is -0.636. The lowest BCUT2D eigenvalue weighted by Gasteiger charge is -2.17. The maximum atomic E-state index is 12.7. The number of aromatic nitrogens is 1. The molecule has 0 fully saturated rings. The van der Waals surface area contributed by atoms with E-state index < -0.39 is 5.95 Å². The fraction of sp³-hybridized carbons (Fsp3) is 0.500. The molecule has 3 nitrogen and oxygen atoms in total. The Bertz CT molecular complexity index is 372. The number of nitrogens with zero attached hydrogens (tertiary/aromatic N) is 1. The minimum Gasteiger partial charge on any atom is -0.352 e. The molecule has 16 heavy (non-hydrogen) atoms. The Balaban J connectivity index is 2.47. The summed E-state index contributed by atoms with van der Waals surface area (Å²) in [5.41, 5.74) is 0.484. The van der Waals surface area contributed by atoms with Gasteiger partial charge in [0.2, 0.25) is 5.95 Å². The van der Waals surface area contributed by atoms with Gasteiger partial charge in [-0.05, 0) is 17.9 Å². The van der Waals surface area contributed by atoms with Gasteiger partial charge in [0.1, 0.15) is 0 Å². The van der Waals surface area contributed by atoms with Gasteiger partial charge in [-0.1, -0.05) is 20.8 Å². The maximum Gasteiger partial charge on any atom is 0.251 e. The van der Waals surface area contributed by atoms with Gasteiger partial charge in [-0.2, -0.15) is 4.39 Å². The third-order valence-corrected chi connectivity index (χ3v) is 2.15. The normalized spacial score (nSPS) is 11.2. The number of hydrogen-bond donors (Lipinski definition) is 1. The second kappa shape index (κ2) is 5.05. The largest absolute Gasteiger partial charge is 0.352 e. The number of nitrogens with one attached hydrogen (secondary N) is 1. The van der Waals surface area contributed by atoms with Gasteiger partial charge in [-0.15, -0.1) is 0 Å². The van der Waals surface area contributed by atoms with Crippen molar-refractivity contribution in [3.63, 3.8) is 0 Å². The van der Waals surface area contributed by atoms with Crippen molar-refractivity contribution < 1.29 is 9.18 Å². The minimum absolute atomic E-state index is 0.177. The molecule has 0 radical (unpaired) electrons. The molecular weight excluding hydrogens is 207 g/mol. The molecule has 88 valence electrons. The van der Waals surface area contributed by atoms with Crippen LogP contribution in [0.2, 0.25) is 0 Å². The van der Waals surface area contributed by atoms with Crippen LogP contribution in [0, 0.1) is 11.4 Å². The Kier molecular flexibility index (Phi) is 3.99. The Morgan fingerprint density at radius 1 is 1.50 bits per heavy atom. The van der Waals surface area contributed by atoms with Crippen molar-refractivity contribution >= 4 is 5.91 Å². The van der Waals surface area contributed by atoms with Crippen molar-refractivity contribution in [1.29, 1.82) is 0 Å². The molecule has 1 aromatic rings. The SMILES string of the molecule is CC(C)(C)CCNC(=O)c1ccnc(F)c1. The second-order valence-corrected chi connectivity index (χ2v) is 4.93. The van der Waals surface area contributed by atoms with Crippen molar-refractivity contribution in [1.82, 2.24) is 10.3 Å². The molecule has 0 aliphatic carbocycles. The molecule has 0 saturated heterocycles. The molecule has 0 unspecified atom stereocenters. The van der Waals surface area contributed by atoms with E-state index in [0.717, 1.165) is 12.5 Å². The topological polar surface area (TPSA) is 42.0 Å². The van der Waals surface area contributed by atoms with Crippen LogP contribution in [0.4, 0.5) is 4.39 Å². The van der Waals surface area contributed by atoms with E-state index in [1.165, 1.54) is 12.3 Å². The smallest absolute Gasteiger partial charge is 0.251 e. The number of pyridine rings is 1. The van der Waals surface area contributed by atoms with Crippen molar-refractivity contribution in [2.75, 3.05) is 6.54 Å². The molecule has 1 amide bonds. The fourth-order valence-corrected chi connectivity index (χ4v) is 1.20. The summed E-state index contributed by atoms with van der Waals surface area (Å²) in [6.45, 7) is 6.90. The Hall–Kier alpha value is -1.45. The fourth-order valence-electron chi connectivity index (χ4n) is 1.20. The van der Waals surface area contributed by atoms with Crippen LogP contribution in [0.3, 0.4) is 0 Å². The first-order chi connectivity index (χ1) is 7.38. The molecule has 1 N–H and O–H groups in total. The zero-order chi connectivity index (χ0) is 12.2. The third kappa shape index (κ3) is 4.38. The first-order valence-electron chi connectivity index (χ1n) is 5.28. The summed E-state index contributed by atoms with van der Waals surface area (Å²) in [4.78, 5) is 15.0. The molecule has 1 heterocycles. The van der Waals surface area contributed by atoms with Gasteiger partial charge < -0.3 is 5.32 Å². The van der Waals surface area contributed by atoms with E-state index in [1.54, 1.807) is 0 Å². The van der Waals surface area contributed by atoms with E-state index in [-0.39, 0.29) is 11.3 Å².